The Morgan fingerprint density at radius 1 is 1.10 bits per heavy atom. The van der Waals surface area contributed by atoms with Crippen molar-refractivity contribution >= 4 is 51.0 Å². The van der Waals surface area contributed by atoms with Gasteiger partial charge in [-0.15, -0.1) is 4.91 Å². The number of carbonyl (C=O) groups excluding carboxylic acids is 3. The SMILES string of the molecule is CC(=O)OC/C(=C(\C(=O)OCCCN1C(=O)OCC1C(C)(C)SN=O)c1ccc(F)cc1)c1ccc(S(C)(=O)=O)cc1. The van der Waals surface area contributed by atoms with Crippen LogP contribution in [0.25, 0.3) is 11.1 Å². The topological polar surface area (TPSA) is 146 Å². The van der Waals surface area contributed by atoms with Crippen molar-refractivity contribution in [3.05, 3.63) is 70.4 Å². The molecule has 1 unspecified atom stereocenters. The summed E-state index contributed by atoms with van der Waals surface area (Å²) >= 11 is 0.801. The lowest BCUT2D eigenvalue weighted by molar-refractivity contribution is -0.140. The second-order valence-corrected chi connectivity index (χ2v) is 13.4. The molecule has 2 aromatic carbocycles. The van der Waals surface area contributed by atoms with Gasteiger partial charge in [-0.25, -0.2) is 22.4 Å². The molecule has 1 aliphatic heterocycles. The molecule has 0 radical (unpaired) electrons. The maximum atomic E-state index is 13.8. The lowest BCUT2D eigenvalue weighted by Crippen LogP contribution is -2.46. The average Bonchev–Trinajstić information content (AvgIpc) is 3.30. The normalized spacial score (nSPS) is 16.0. The van der Waals surface area contributed by atoms with Crippen molar-refractivity contribution in [3.8, 4) is 0 Å². The van der Waals surface area contributed by atoms with Crippen molar-refractivity contribution in [2.75, 3.05) is 32.6 Å². The lowest BCUT2D eigenvalue weighted by atomic mass is 9.95. The van der Waals surface area contributed by atoms with Crippen molar-refractivity contribution < 1.29 is 41.4 Å². The molecule has 226 valence electrons. The van der Waals surface area contributed by atoms with E-state index >= 15 is 0 Å². The van der Waals surface area contributed by atoms with Crippen LogP contribution in [0.5, 0.6) is 0 Å². The Labute approximate surface area is 247 Å². The van der Waals surface area contributed by atoms with E-state index in [-0.39, 0.29) is 54.4 Å². The molecule has 1 heterocycles. The highest BCUT2D eigenvalue weighted by atomic mass is 32.2. The number of hydrogen-bond donors (Lipinski definition) is 0. The number of nitroso groups, excluding NO2 is 1. The van der Waals surface area contributed by atoms with Crippen molar-refractivity contribution in [1.29, 1.82) is 0 Å². The first-order valence-electron chi connectivity index (χ1n) is 12.8. The van der Waals surface area contributed by atoms with Gasteiger partial charge in [-0.3, -0.25) is 4.79 Å². The molecule has 0 aliphatic carbocycles. The van der Waals surface area contributed by atoms with E-state index in [1.54, 1.807) is 13.8 Å². The molecule has 1 aliphatic rings. The molecule has 1 fully saturated rings. The summed E-state index contributed by atoms with van der Waals surface area (Å²) in [5, 5.41) is 0. The van der Waals surface area contributed by atoms with E-state index in [0.29, 0.717) is 5.56 Å². The fourth-order valence-electron chi connectivity index (χ4n) is 4.31. The van der Waals surface area contributed by atoms with E-state index in [0.717, 1.165) is 30.3 Å². The number of esters is 2. The molecule has 0 bridgehead atoms. The highest BCUT2D eigenvalue weighted by Crippen LogP contribution is 2.35. The number of cyclic esters (lactones) is 1. The predicted octanol–water partition coefficient (Wildman–Crippen LogP) is 4.65. The lowest BCUT2D eigenvalue weighted by Gasteiger charge is -2.32. The van der Waals surface area contributed by atoms with Gasteiger partial charge in [0.15, 0.2) is 9.84 Å². The summed E-state index contributed by atoms with van der Waals surface area (Å²) in [6.45, 7) is 4.52. The highest BCUT2D eigenvalue weighted by molar-refractivity contribution is 7.99. The number of amides is 1. The number of ether oxygens (including phenoxy) is 3. The zero-order chi connectivity index (χ0) is 31.1. The first kappa shape index (κ1) is 32.7. The minimum Gasteiger partial charge on any atom is -0.462 e. The van der Waals surface area contributed by atoms with Gasteiger partial charge in [-0.05, 0) is 55.7 Å². The van der Waals surface area contributed by atoms with Crippen LogP contribution in [0.4, 0.5) is 9.18 Å². The average molecular weight is 623 g/mol. The van der Waals surface area contributed by atoms with Crippen LogP contribution in [-0.4, -0.2) is 74.8 Å². The van der Waals surface area contributed by atoms with Gasteiger partial charge in [-0.2, -0.15) is 0 Å². The molecule has 0 N–H and O–H groups in total. The summed E-state index contributed by atoms with van der Waals surface area (Å²) in [6, 6.07) is 10.3. The van der Waals surface area contributed by atoms with Crippen LogP contribution in [-0.2, 0) is 33.6 Å². The molecule has 0 saturated carbocycles. The van der Waals surface area contributed by atoms with E-state index in [1.807, 2.05) is 0 Å². The fourth-order valence-corrected chi connectivity index (χ4v) is 5.45. The van der Waals surface area contributed by atoms with Gasteiger partial charge < -0.3 is 19.1 Å². The van der Waals surface area contributed by atoms with Crippen LogP contribution in [0.2, 0.25) is 0 Å². The molecule has 2 aromatic rings. The van der Waals surface area contributed by atoms with Crippen LogP contribution < -0.4 is 0 Å². The van der Waals surface area contributed by atoms with Crippen LogP contribution in [0.15, 0.2) is 58.0 Å². The molecule has 3 rings (SSSR count). The van der Waals surface area contributed by atoms with Crippen LogP contribution in [0.1, 0.15) is 38.3 Å². The van der Waals surface area contributed by atoms with E-state index < -0.39 is 44.5 Å². The van der Waals surface area contributed by atoms with Crippen molar-refractivity contribution in [3.63, 3.8) is 0 Å². The Hall–Kier alpha value is -3.78. The van der Waals surface area contributed by atoms with Gasteiger partial charge in [0.1, 0.15) is 19.0 Å². The number of halogens is 1. The number of sulfone groups is 1. The maximum absolute atomic E-state index is 13.8. The van der Waals surface area contributed by atoms with Gasteiger partial charge in [0.2, 0.25) is 0 Å². The summed E-state index contributed by atoms with van der Waals surface area (Å²) in [5.74, 6) is -1.97. The van der Waals surface area contributed by atoms with Crippen LogP contribution >= 0.6 is 11.9 Å². The zero-order valence-corrected chi connectivity index (χ0v) is 25.1. The summed E-state index contributed by atoms with van der Waals surface area (Å²) in [5.41, 5.74) is 0.853. The third-order valence-corrected chi connectivity index (χ3v) is 8.46. The van der Waals surface area contributed by atoms with Gasteiger partial charge in [0.05, 0.1) is 27.9 Å². The quantitative estimate of drug-likeness (QED) is 0.0588. The maximum Gasteiger partial charge on any atom is 0.410 e. The summed E-state index contributed by atoms with van der Waals surface area (Å²) in [6.07, 6.45) is 0.729. The van der Waals surface area contributed by atoms with E-state index in [9.17, 15) is 32.1 Å². The number of hydrogen-bond acceptors (Lipinski definition) is 11. The molecule has 0 spiro atoms. The number of carbonyl (C=O) groups is 3. The largest absolute Gasteiger partial charge is 0.462 e. The van der Waals surface area contributed by atoms with Gasteiger partial charge in [0, 0.05) is 41.8 Å². The van der Waals surface area contributed by atoms with E-state index in [2.05, 4.69) is 4.58 Å². The molecule has 11 nitrogen and oxygen atoms in total. The summed E-state index contributed by atoms with van der Waals surface area (Å²) in [7, 11) is -3.50. The van der Waals surface area contributed by atoms with E-state index in [4.69, 9.17) is 14.2 Å². The Morgan fingerprint density at radius 2 is 1.71 bits per heavy atom. The third kappa shape index (κ3) is 8.38. The Kier molecular flexibility index (Phi) is 10.9. The molecule has 1 atom stereocenters. The standard InChI is InChI=1S/C28H31FN2O9S2/c1-18(32)39-16-23(19-8-12-22(13-9-19)42(4,36)37)25(20-6-10-21(29)11-7-20)26(33)38-15-5-14-31-24(17-40-27(31)34)28(2,3)41-30-35/h6-13,24H,5,14-17H2,1-4H3/b25-23+. The van der Waals surface area contributed by atoms with Gasteiger partial charge >= 0.3 is 18.0 Å². The highest BCUT2D eigenvalue weighted by Gasteiger charge is 2.44. The molecule has 1 saturated heterocycles. The molecule has 14 heteroatoms. The minimum atomic E-state index is -3.50. The summed E-state index contributed by atoms with van der Waals surface area (Å²) in [4.78, 5) is 49.8. The number of rotatable bonds is 13. The monoisotopic (exact) mass is 622 g/mol. The molecule has 1 amide bonds. The predicted molar refractivity (Wildman–Crippen MR) is 154 cm³/mol. The first-order chi connectivity index (χ1) is 19.7. The Balaban J connectivity index is 1.90. The second kappa shape index (κ2) is 13.9. The van der Waals surface area contributed by atoms with Crippen LogP contribution in [0.3, 0.4) is 0 Å². The molecule has 42 heavy (non-hydrogen) atoms. The smallest absolute Gasteiger partial charge is 0.410 e. The number of benzene rings is 2. The molecular formula is C28H31FN2O9S2. The number of nitrogens with zero attached hydrogens (tertiary/aromatic N) is 2. The fraction of sp³-hybridized carbons (Fsp3) is 0.393. The van der Waals surface area contributed by atoms with Crippen molar-refractivity contribution in [2.45, 2.75) is 42.9 Å². The third-order valence-electron chi connectivity index (χ3n) is 6.52. The van der Waals surface area contributed by atoms with Gasteiger partial charge in [-0.1, -0.05) is 24.3 Å². The molecule has 0 aromatic heterocycles. The second-order valence-electron chi connectivity index (χ2n) is 9.98. The minimum absolute atomic E-state index is 0.0172. The van der Waals surface area contributed by atoms with E-state index in [1.165, 1.54) is 48.2 Å². The van der Waals surface area contributed by atoms with Gasteiger partial charge in [0.25, 0.3) is 0 Å². The Bertz CT molecular complexity index is 1460. The summed E-state index contributed by atoms with van der Waals surface area (Å²) < 4.78 is 55.8. The van der Waals surface area contributed by atoms with Crippen molar-refractivity contribution in [2.24, 2.45) is 4.58 Å². The Morgan fingerprint density at radius 3 is 2.29 bits per heavy atom. The van der Waals surface area contributed by atoms with Crippen LogP contribution in [0, 0.1) is 10.7 Å². The van der Waals surface area contributed by atoms with Crippen molar-refractivity contribution in [1.82, 2.24) is 4.90 Å². The molecular weight excluding hydrogens is 591 g/mol. The zero-order valence-electron chi connectivity index (χ0n) is 23.5. The first-order valence-corrected chi connectivity index (χ1v) is 15.5.